The number of rotatable bonds is 5. The lowest BCUT2D eigenvalue weighted by atomic mass is 9.95. The highest BCUT2D eigenvalue weighted by Crippen LogP contribution is 2.26. The van der Waals surface area contributed by atoms with Crippen LogP contribution in [0.4, 0.5) is 0 Å². The van der Waals surface area contributed by atoms with Gasteiger partial charge in [0.05, 0.1) is 17.6 Å². The van der Waals surface area contributed by atoms with Gasteiger partial charge in [0, 0.05) is 29.2 Å². The Hall–Kier alpha value is -2.18. The molecule has 1 saturated heterocycles. The smallest absolute Gasteiger partial charge is 0.225 e. The summed E-state index contributed by atoms with van der Waals surface area (Å²) in [5.74, 6) is 1.46. The molecule has 0 spiro atoms. The summed E-state index contributed by atoms with van der Waals surface area (Å²) in [6, 6.07) is 16.9. The van der Waals surface area contributed by atoms with E-state index in [1.54, 1.807) is 0 Å². The van der Waals surface area contributed by atoms with Crippen molar-refractivity contribution in [1.82, 2.24) is 19.4 Å². The lowest BCUT2D eigenvalue weighted by molar-refractivity contribution is -0.137. The third kappa shape index (κ3) is 4.30. The van der Waals surface area contributed by atoms with Gasteiger partial charge in [-0.05, 0) is 70.1 Å². The van der Waals surface area contributed by atoms with Crippen LogP contribution in [0.3, 0.4) is 0 Å². The number of carbonyl (C=O) groups is 1. The number of hydrogen-bond donors (Lipinski definition) is 0. The minimum absolute atomic E-state index is 0.137. The molecule has 2 aromatic carbocycles. The summed E-state index contributed by atoms with van der Waals surface area (Å²) in [5, 5.41) is 0. The molecule has 5 nitrogen and oxygen atoms in total. The summed E-state index contributed by atoms with van der Waals surface area (Å²) >= 11 is 3.60. The van der Waals surface area contributed by atoms with E-state index in [0.717, 1.165) is 59.5 Å². The number of amides is 1. The molecule has 0 aliphatic carbocycles. The zero-order valence-electron chi connectivity index (χ0n) is 17.9. The maximum atomic E-state index is 12.7. The average Bonchev–Trinajstić information content (AvgIpc) is 3.11. The minimum Gasteiger partial charge on any atom is -0.343 e. The molecule has 1 aromatic heterocycles. The largest absolute Gasteiger partial charge is 0.343 e. The van der Waals surface area contributed by atoms with Gasteiger partial charge >= 0.3 is 0 Å². The van der Waals surface area contributed by atoms with Crippen molar-refractivity contribution in [2.45, 2.75) is 39.3 Å². The van der Waals surface area contributed by atoms with Crippen LogP contribution in [0.2, 0.25) is 0 Å². The third-order valence-corrected chi connectivity index (χ3v) is 6.61. The summed E-state index contributed by atoms with van der Waals surface area (Å²) in [7, 11) is 1.92. The van der Waals surface area contributed by atoms with Crippen molar-refractivity contribution < 1.29 is 4.79 Å². The van der Waals surface area contributed by atoms with Crippen LogP contribution in [0.5, 0.6) is 0 Å². The maximum absolute atomic E-state index is 12.7. The number of nitrogens with zero attached hydrogens (tertiary/aromatic N) is 4. The van der Waals surface area contributed by atoms with Gasteiger partial charge in [-0.25, -0.2) is 4.98 Å². The predicted octanol–water partition coefficient (Wildman–Crippen LogP) is 4.87. The normalized spacial score (nSPS) is 15.8. The van der Waals surface area contributed by atoms with Crippen LogP contribution in [0.25, 0.3) is 16.7 Å². The van der Waals surface area contributed by atoms with Crippen LogP contribution < -0.4 is 0 Å². The number of piperidine rings is 1. The number of hydrogen-bond acceptors (Lipinski definition) is 3. The Kier molecular flexibility index (Phi) is 6.25. The van der Waals surface area contributed by atoms with E-state index < -0.39 is 0 Å². The summed E-state index contributed by atoms with van der Waals surface area (Å²) in [6.07, 6.45) is 1.82. The zero-order valence-corrected chi connectivity index (χ0v) is 19.5. The van der Waals surface area contributed by atoms with Gasteiger partial charge in [-0.2, -0.15) is 0 Å². The number of benzene rings is 2. The fraction of sp³-hybridized carbons (Fsp3) is 0.417. The molecule has 6 heteroatoms. The second-order valence-corrected chi connectivity index (χ2v) is 9.34. The molecule has 158 valence electrons. The van der Waals surface area contributed by atoms with E-state index in [-0.39, 0.29) is 17.9 Å². The van der Waals surface area contributed by atoms with Crippen LogP contribution in [-0.2, 0) is 11.3 Å². The quantitative estimate of drug-likeness (QED) is 0.536. The molecule has 0 atom stereocenters. The molecule has 0 N–H and O–H groups in total. The Labute approximate surface area is 186 Å². The number of halogens is 1. The Balaban J connectivity index is 1.54. The third-order valence-electron chi connectivity index (χ3n) is 6.12. The van der Waals surface area contributed by atoms with Crippen molar-refractivity contribution in [1.29, 1.82) is 0 Å². The molecule has 3 aromatic rings. The van der Waals surface area contributed by atoms with E-state index in [1.165, 1.54) is 0 Å². The molecule has 0 radical (unpaired) electrons. The van der Waals surface area contributed by atoms with E-state index in [9.17, 15) is 4.79 Å². The molecular weight excluding hydrogens is 440 g/mol. The van der Waals surface area contributed by atoms with Gasteiger partial charge in [-0.1, -0.05) is 34.1 Å². The van der Waals surface area contributed by atoms with Crippen molar-refractivity contribution in [2.75, 3.05) is 20.1 Å². The van der Waals surface area contributed by atoms with Crippen LogP contribution in [0.1, 0.15) is 32.5 Å². The first-order valence-electron chi connectivity index (χ1n) is 10.7. The molecule has 1 amide bonds. The Morgan fingerprint density at radius 1 is 1.17 bits per heavy atom. The first-order chi connectivity index (χ1) is 14.4. The number of para-hydroxylation sites is 2. The monoisotopic (exact) mass is 468 g/mol. The van der Waals surface area contributed by atoms with E-state index >= 15 is 0 Å². The average molecular weight is 469 g/mol. The number of imidazole rings is 1. The first kappa shape index (κ1) is 21.1. The highest BCUT2D eigenvalue weighted by Gasteiger charge is 2.28. The van der Waals surface area contributed by atoms with E-state index in [1.807, 2.05) is 24.1 Å². The highest BCUT2D eigenvalue weighted by molar-refractivity contribution is 9.10. The zero-order chi connectivity index (χ0) is 21.3. The predicted molar refractivity (Wildman–Crippen MR) is 125 cm³/mol. The van der Waals surface area contributed by atoms with E-state index in [2.05, 4.69) is 75.6 Å². The van der Waals surface area contributed by atoms with Crippen molar-refractivity contribution in [3.05, 3.63) is 58.8 Å². The number of aromatic nitrogens is 2. The fourth-order valence-corrected chi connectivity index (χ4v) is 4.55. The molecule has 4 rings (SSSR count). The molecule has 0 bridgehead atoms. The molecule has 2 heterocycles. The van der Waals surface area contributed by atoms with Gasteiger partial charge in [0.15, 0.2) is 0 Å². The Morgan fingerprint density at radius 2 is 1.90 bits per heavy atom. The second-order valence-electron chi connectivity index (χ2n) is 8.43. The Morgan fingerprint density at radius 3 is 2.60 bits per heavy atom. The van der Waals surface area contributed by atoms with Gasteiger partial charge in [0.2, 0.25) is 5.91 Å². The highest BCUT2D eigenvalue weighted by atomic mass is 79.9. The summed E-state index contributed by atoms with van der Waals surface area (Å²) in [5.41, 5.74) is 3.24. The fourth-order valence-electron chi connectivity index (χ4n) is 4.17. The minimum atomic E-state index is 0.137. The van der Waals surface area contributed by atoms with Gasteiger partial charge in [-0.15, -0.1) is 0 Å². The standard InChI is InChI=1S/C24H29BrN4O/c1-17(2)27(3)24(30)18-11-13-28(14-12-18)16-23-26-21-9-4-5-10-22(21)29(23)20-8-6-7-19(25)15-20/h4-10,15,17-18H,11-14,16H2,1-3H3. The van der Waals surface area contributed by atoms with Crippen molar-refractivity contribution in [3.8, 4) is 5.69 Å². The van der Waals surface area contributed by atoms with E-state index in [4.69, 9.17) is 4.98 Å². The van der Waals surface area contributed by atoms with Crippen LogP contribution in [0.15, 0.2) is 53.0 Å². The van der Waals surface area contributed by atoms with Gasteiger partial charge in [-0.3, -0.25) is 14.3 Å². The maximum Gasteiger partial charge on any atom is 0.225 e. The van der Waals surface area contributed by atoms with Crippen molar-refractivity contribution >= 4 is 32.9 Å². The van der Waals surface area contributed by atoms with Gasteiger partial charge < -0.3 is 4.90 Å². The van der Waals surface area contributed by atoms with Crippen molar-refractivity contribution in [2.24, 2.45) is 5.92 Å². The topological polar surface area (TPSA) is 41.4 Å². The lowest BCUT2D eigenvalue weighted by Gasteiger charge is -2.34. The second kappa shape index (κ2) is 8.90. The molecule has 1 fully saturated rings. The molecule has 0 saturated carbocycles. The molecule has 0 unspecified atom stereocenters. The SMILES string of the molecule is CC(C)N(C)C(=O)C1CCN(Cc2nc3ccccc3n2-c2cccc(Br)c2)CC1. The first-order valence-corrected chi connectivity index (χ1v) is 11.4. The van der Waals surface area contributed by atoms with Gasteiger partial charge in [0.25, 0.3) is 0 Å². The molecule has 30 heavy (non-hydrogen) atoms. The van der Waals surface area contributed by atoms with Gasteiger partial charge in [0.1, 0.15) is 5.82 Å². The van der Waals surface area contributed by atoms with Crippen LogP contribution in [0, 0.1) is 5.92 Å². The summed E-state index contributed by atoms with van der Waals surface area (Å²) < 4.78 is 3.31. The van der Waals surface area contributed by atoms with Crippen molar-refractivity contribution in [3.63, 3.8) is 0 Å². The summed E-state index contributed by atoms with van der Waals surface area (Å²) in [4.78, 5) is 21.9. The number of carbonyl (C=O) groups excluding carboxylic acids is 1. The molecular formula is C24H29BrN4O. The molecule has 1 aliphatic heterocycles. The number of likely N-dealkylation sites (tertiary alicyclic amines) is 1. The lowest BCUT2D eigenvalue weighted by Crippen LogP contribution is -2.43. The summed E-state index contributed by atoms with van der Waals surface area (Å²) in [6.45, 7) is 6.76. The van der Waals surface area contributed by atoms with Crippen LogP contribution >= 0.6 is 15.9 Å². The van der Waals surface area contributed by atoms with E-state index in [0.29, 0.717) is 0 Å². The number of fused-ring (bicyclic) bond motifs is 1. The molecule has 1 aliphatic rings. The van der Waals surface area contributed by atoms with Crippen LogP contribution in [-0.4, -0.2) is 51.4 Å². The Bertz CT molecular complexity index is 1040.